The predicted molar refractivity (Wildman–Crippen MR) is 55.3 cm³/mol. The van der Waals surface area contributed by atoms with Gasteiger partial charge in [0.15, 0.2) is 0 Å². The van der Waals surface area contributed by atoms with Crippen molar-refractivity contribution in [1.82, 2.24) is 0 Å². The van der Waals surface area contributed by atoms with Crippen LogP contribution < -0.4 is 5.73 Å². The normalized spacial score (nSPS) is 24.5. The Hall–Kier alpha value is -0.0800. The fraction of sp³-hybridized carbons (Fsp3) is 1.00. The van der Waals surface area contributed by atoms with Crippen LogP contribution in [0.25, 0.3) is 0 Å². The van der Waals surface area contributed by atoms with Gasteiger partial charge in [-0.2, -0.15) is 0 Å². The summed E-state index contributed by atoms with van der Waals surface area (Å²) in [6.45, 7) is 6.95. The van der Waals surface area contributed by atoms with E-state index in [1.54, 1.807) is 0 Å². The van der Waals surface area contributed by atoms with Crippen molar-refractivity contribution in [3.05, 3.63) is 0 Å². The molecule has 1 rings (SSSR count). The van der Waals surface area contributed by atoms with Gasteiger partial charge in [-0.25, -0.2) is 0 Å². The van der Waals surface area contributed by atoms with Crippen LogP contribution in [0.4, 0.5) is 0 Å². The van der Waals surface area contributed by atoms with E-state index in [9.17, 15) is 5.11 Å². The van der Waals surface area contributed by atoms with Crippen molar-refractivity contribution in [2.45, 2.75) is 45.6 Å². The van der Waals surface area contributed by atoms with Crippen LogP contribution in [-0.2, 0) is 0 Å². The van der Waals surface area contributed by atoms with Crippen LogP contribution in [0.15, 0.2) is 0 Å². The maximum atomic E-state index is 10.6. The van der Waals surface area contributed by atoms with E-state index in [-0.39, 0.29) is 5.92 Å². The van der Waals surface area contributed by atoms with E-state index in [0.717, 1.165) is 6.42 Å². The Balaban J connectivity index is 2.75. The summed E-state index contributed by atoms with van der Waals surface area (Å²) >= 11 is 0. The van der Waals surface area contributed by atoms with Crippen LogP contribution in [0.5, 0.6) is 0 Å². The van der Waals surface area contributed by atoms with Gasteiger partial charge in [0.05, 0.1) is 5.60 Å². The monoisotopic (exact) mass is 185 g/mol. The van der Waals surface area contributed by atoms with Gasteiger partial charge >= 0.3 is 0 Å². The van der Waals surface area contributed by atoms with E-state index in [2.05, 4.69) is 20.8 Å². The van der Waals surface area contributed by atoms with E-state index < -0.39 is 5.60 Å². The standard InChI is InChI=1S/C11H23NO/c1-4-9(7-12)11(13,8(2)3)10-5-6-10/h8-10,13H,4-7,12H2,1-3H3. The molecular weight excluding hydrogens is 162 g/mol. The molecule has 1 saturated carbocycles. The molecule has 1 fully saturated rings. The molecule has 0 bridgehead atoms. The molecule has 0 amide bonds. The molecule has 2 nitrogen and oxygen atoms in total. The predicted octanol–water partition coefficient (Wildman–Crippen LogP) is 1.77. The number of rotatable bonds is 5. The van der Waals surface area contributed by atoms with Gasteiger partial charge in [0.25, 0.3) is 0 Å². The average Bonchev–Trinajstić information content (AvgIpc) is 2.88. The molecule has 78 valence electrons. The van der Waals surface area contributed by atoms with Gasteiger partial charge in [0.1, 0.15) is 0 Å². The van der Waals surface area contributed by atoms with Crippen molar-refractivity contribution < 1.29 is 5.11 Å². The minimum absolute atomic E-state index is 0.278. The lowest BCUT2D eigenvalue weighted by Crippen LogP contribution is -2.48. The molecule has 2 heteroatoms. The minimum atomic E-state index is -0.497. The van der Waals surface area contributed by atoms with Crippen molar-refractivity contribution >= 4 is 0 Å². The fourth-order valence-corrected chi connectivity index (χ4v) is 2.50. The first kappa shape index (κ1) is 11.0. The highest BCUT2D eigenvalue weighted by Gasteiger charge is 2.49. The summed E-state index contributed by atoms with van der Waals surface area (Å²) in [7, 11) is 0. The summed E-state index contributed by atoms with van der Waals surface area (Å²) in [5, 5.41) is 10.6. The highest BCUT2D eigenvalue weighted by atomic mass is 16.3. The van der Waals surface area contributed by atoms with Crippen molar-refractivity contribution in [3.63, 3.8) is 0 Å². The van der Waals surface area contributed by atoms with Crippen LogP contribution in [0.3, 0.4) is 0 Å². The zero-order chi connectivity index (χ0) is 10.1. The largest absolute Gasteiger partial charge is 0.389 e. The van der Waals surface area contributed by atoms with Gasteiger partial charge in [-0.1, -0.05) is 20.8 Å². The molecule has 0 heterocycles. The van der Waals surface area contributed by atoms with Crippen LogP contribution >= 0.6 is 0 Å². The van der Waals surface area contributed by atoms with Crippen molar-refractivity contribution in [1.29, 1.82) is 0 Å². The summed E-state index contributed by atoms with van der Waals surface area (Å²) < 4.78 is 0. The van der Waals surface area contributed by atoms with Gasteiger partial charge in [0, 0.05) is 5.92 Å². The Kier molecular flexibility index (Phi) is 3.36. The number of hydrogen-bond acceptors (Lipinski definition) is 2. The molecule has 0 saturated heterocycles. The Morgan fingerprint density at radius 1 is 1.46 bits per heavy atom. The average molecular weight is 185 g/mol. The molecule has 2 atom stereocenters. The highest BCUT2D eigenvalue weighted by Crippen LogP contribution is 2.48. The second kappa shape index (κ2) is 3.97. The molecule has 0 radical (unpaired) electrons. The molecule has 3 N–H and O–H groups in total. The summed E-state index contributed by atoms with van der Waals surface area (Å²) in [6.07, 6.45) is 3.36. The lowest BCUT2D eigenvalue weighted by molar-refractivity contribution is -0.0763. The van der Waals surface area contributed by atoms with Gasteiger partial charge in [-0.3, -0.25) is 0 Å². The summed E-state index contributed by atoms with van der Waals surface area (Å²) in [4.78, 5) is 0. The third-order valence-electron chi connectivity index (χ3n) is 3.59. The molecule has 0 spiro atoms. The van der Waals surface area contributed by atoms with E-state index in [0.29, 0.717) is 18.4 Å². The molecule has 0 aromatic rings. The van der Waals surface area contributed by atoms with Gasteiger partial charge in [0.2, 0.25) is 0 Å². The minimum Gasteiger partial charge on any atom is -0.389 e. The summed E-state index contributed by atoms with van der Waals surface area (Å²) in [5.41, 5.74) is 5.22. The second-order valence-electron chi connectivity index (χ2n) is 4.66. The summed E-state index contributed by atoms with van der Waals surface area (Å²) in [5.74, 6) is 1.12. The SMILES string of the molecule is CCC(CN)C(O)(C(C)C)C1CC1. The number of nitrogens with two attached hydrogens (primary N) is 1. The summed E-state index contributed by atoms with van der Waals surface area (Å²) in [6, 6.07) is 0. The van der Waals surface area contributed by atoms with Crippen molar-refractivity contribution in [3.8, 4) is 0 Å². The lowest BCUT2D eigenvalue weighted by atomic mass is 9.73. The van der Waals surface area contributed by atoms with Gasteiger partial charge in [-0.15, -0.1) is 0 Å². The Bertz CT molecular complexity index is 157. The third-order valence-corrected chi connectivity index (χ3v) is 3.59. The highest BCUT2D eigenvalue weighted by molar-refractivity contribution is 5.00. The lowest BCUT2D eigenvalue weighted by Gasteiger charge is -2.39. The molecule has 1 aliphatic rings. The first-order chi connectivity index (χ1) is 6.07. The molecule has 13 heavy (non-hydrogen) atoms. The maximum Gasteiger partial charge on any atom is 0.0738 e. The van der Waals surface area contributed by atoms with Crippen molar-refractivity contribution in [2.75, 3.05) is 6.54 Å². The first-order valence-corrected chi connectivity index (χ1v) is 5.49. The molecule has 0 aliphatic heterocycles. The molecule has 0 aromatic heterocycles. The van der Waals surface area contributed by atoms with E-state index >= 15 is 0 Å². The van der Waals surface area contributed by atoms with Crippen molar-refractivity contribution in [2.24, 2.45) is 23.5 Å². The maximum absolute atomic E-state index is 10.6. The molecule has 1 aliphatic carbocycles. The topological polar surface area (TPSA) is 46.2 Å². The Morgan fingerprint density at radius 2 is 2.00 bits per heavy atom. The molecular formula is C11H23NO. The molecule has 0 aromatic carbocycles. The van der Waals surface area contributed by atoms with Crippen LogP contribution in [-0.4, -0.2) is 17.3 Å². The van der Waals surface area contributed by atoms with Crippen LogP contribution in [0.1, 0.15) is 40.0 Å². The zero-order valence-electron chi connectivity index (χ0n) is 9.09. The van der Waals surface area contributed by atoms with E-state index in [1.165, 1.54) is 12.8 Å². The number of hydrogen-bond donors (Lipinski definition) is 2. The smallest absolute Gasteiger partial charge is 0.0738 e. The quantitative estimate of drug-likeness (QED) is 0.685. The Morgan fingerprint density at radius 3 is 2.23 bits per heavy atom. The first-order valence-electron chi connectivity index (χ1n) is 5.49. The van der Waals surface area contributed by atoms with Crippen LogP contribution in [0, 0.1) is 17.8 Å². The van der Waals surface area contributed by atoms with Gasteiger partial charge < -0.3 is 10.8 Å². The van der Waals surface area contributed by atoms with E-state index in [1.807, 2.05) is 0 Å². The number of aliphatic hydroxyl groups is 1. The van der Waals surface area contributed by atoms with E-state index in [4.69, 9.17) is 5.73 Å². The molecule has 2 unspecified atom stereocenters. The zero-order valence-corrected chi connectivity index (χ0v) is 9.09. The Labute approximate surface area is 81.5 Å². The van der Waals surface area contributed by atoms with Gasteiger partial charge in [-0.05, 0) is 37.6 Å². The third kappa shape index (κ3) is 1.89. The fourth-order valence-electron chi connectivity index (χ4n) is 2.50. The van der Waals surface area contributed by atoms with Crippen LogP contribution in [0.2, 0.25) is 0 Å². The second-order valence-corrected chi connectivity index (χ2v) is 4.66.